The van der Waals surface area contributed by atoms with E-state index >= 15 is 0 Å². The van der Waals surface area contributed by atoms with Crippen LogP contribution in [-0.4, -0.2) is 20.9 Å². The van der Waals surface area contributed by atoms with Gasteiger partial charge in [-0.15, -0.1) is 6.58 Å². The largest absolute Gasteiger partial charge is 0.349 e. The zero-order valence-corrected chi connectivity index (χ0v) is 14.6. The second-order valence-electron chi connectivity index (χ2n) is 5.09. The van der Waals surface area contributed by atoms with Gasteiger partial charge in [0.25, 0.3) is 15.9 Å². The first kappa shape index (κ1) is 18.0. The van der Waals surface area contributed by atoms with Gasteiger partial charge in [-0.3, -0.25) is 9.52 Å². The van der Waals surface area contributed by atoms with Crippen molar-refractivity contribution in [3.63, 3.8) is 0 Å². The van der Waals surface area contributed by atoms with Crippen molar-refractivity contribution in [2.75, 3.05) is 11.3 Å². The lowest BCUT2D eigenvalue weighted by atomic mass is 10.2. The molecular weight excluding hydrogens is 348 g/mol. The van der Waals surface area contributed by atoms with E-state index in [2.05, 4.69) is 16.6 Å². The summed E-state index contributed by atoms with van der Waals surface area (Å²) in [7, 11) is -3.82. The summed E-state index contributed by atoms with van der Waals surface area (Å²) >= 11 is 5.87. The van der Waals surface area contributed by atoms with Crippen molar-refractivity contribution in [2.45, 2.75) is 11.8 Å². The zero-order valence-electron chi connectivity index (χ0n) is 13.0. The van der Waals surface area contributed by atoms with E-state index in [-0.39, 0.29) is 16.4 Å². The highest BCUT2D eigenvalue weighted by atomic mass is 35.5. The minimum absolute atomic E-state index is 0.00287. The molecule has 2 rings (SSSR count). The molecule has 0 fully saturated rings. The van der Waals surface area contributed by atoms with Crippen molar-refractivity contribution in [3.05, 3.63) is 71.3 Å². The average molecular weight is 365 g/mol. The van der Waals surface area contributed by atoms with Crippen LogP contribution in [0, 0.1) is 6.92 Å². The number of halogens is 1. The Morgan fingerprint density at radius 3 is 2.67 bits per heavy atom. The summed E-state index contributed by atoms with van der Waals surface area (Å²) < 4.78 is 27.6. The van der Waals surface area contributed by atoms with Crippen molar-refractivity contribution in [1.29, 1.82) is 0 Å². The SMILES string of the molecule is C=CCNC(=O)c1cccc(S(=O)(=O)Nc2ccc(Cl)cc2C)c1. The van der Waals surface area contributed by atoms with Gasteiger partial charge >= 0.3 is 0 Å². The molecule has 0 radical (unpaired) electrons. The van der Waals surface area contributed by atoms with Crippen LogP contribution in [0.25, 0.3) is 0 Å². The van der Waals surface area contributed by atoms with Crippen LogP contribution in [0.3, 0.4) is 0 Å². The normalized spacial score (nSPS) is 10.9. The van der Waals surface area contributed by atoms with Gasteiger partial charge in [0.15, 0.2) is 0 Å². The third-order valence-electron chi connectivity index (χ3n) is 3.25. The fourth-order valence-electron chi connectivity index (χ4n) is 2.02. The van der Waals surface area contributed by atoms with Crippen molar-refractivity contribution < 1.29 is 13.2 Å². The number of carbonyl (C=O) groups is 1. The number of amides is 1. The lowest BCUT2D eigenvalue weighted by molar-refractivity contribution is 0.0958. The summed E-state index contributed by atoms with van der Waals surface area (Å²) in [6, 6.07) is 10.7. The van der Waals surface area contributed by atoms with E-state index in [0.717, 1.165) is 0 Å². The van der Waals surface area contributed by atoms with Crippen LogP contribution < -0.4 is 10.0 Å². The Morgan fingerprint density at radius 1 is 1.25 bits per heavy atom. The number of carbonyl (C=O) groups excluding carboxylic acids is 1. The van der Waals surface area contributed by atoms with Crippen molar-refractivity contribution >= 4 is 33.2 Å². The van der Waals surface area contributed by atoms with Gasteiger partial charge in [0, 0.05) is 17.1 Å². The molecule has 0 aliphatic rings. The summed E-state index contributed by atoms with van der Waals surface area (Å²) in [5, 5.41) is 3.13. The van der Waals surface area contributed by atoms with Gasteiger partial charge < -0.3 is 5.32 Å². The topological polar surface area (TPSA) is 75.3 Å². The lowest BCUT2D eigenvalue weighted by Gasteiger charge is -2.11. The maximum absolute atomic E-state index is 12.5. The number of hydrogen-bond acceptors (Lipinski definition) is 3. The van der Waals surface area contributed by atoms with Gasteiger partial charge in [0.05, 0.1) is 10.6 Å². The highest BCUT2D eigenvalue weighted by Gasteiger charge is 2.17. The Balaban J connectivity index is 2.29. The van der Waals surface area contributed by atoms with Crippen LogP contribution in [-0.2, 0) is 10.0 Å². The molecular formula is C17H17ClN2O3S. The van der Waals surface area contributed by atoms with E-state index in [1.807, 2.05) is 0 Å². The summed E-state index contributed by atoms with van der Waals surface area (Å²) in [4.78, 5) is 11.9. The first-order chi connectivity index (χ1) is 11.3. The van der Waals surface area contributed by atoms with E-state index < -0.39 is 10.0 Å². The molecule has 0 aliphatic carbocycles. The van der Waals surface area contributed by atoms with Gasteiger partial charge in [-0.25, -0.2) is 8.42 Å². The summed E-state index contributed by atoms with van der Waals surface area (Å²) in [5.74, 6) is -0.366. The molecule has 0 atom stereocenters. The van der Waals surface area contributed by atoms with Gasteiger partial charge in [-0.1, -0.05) is 23.7 Å². The highest BCUT2D eigenvalue weighted by molar-refractivity contribution is 7.92. The number of hydrogen-bond donors (Lipinski definition) is 2. The molecule has 2 aromatic carbocycles. The van der Waals surface area contributed by atoms with Crippen molar-refractivity contribution in [1.82, 2.24) is 5.32 Å². The minimum atomic E-state index is -3.82. The quantitative estimate of drug-likeness (QED) is 0.772. The Hall–Kier alpha value is -2.31. The molecule has 0 aliphatic heterocycles. The fourth-order valence-corrected chi connectivity index (χ4v) is 3.42. The summed E-state index contributed by atoms with van der Waals surface area (Å²) in [6.07, 6.45) is 1.55. The molecule has 24 heavy (non-hydrogen) atoms. The summed E-state index contributed by atoms with van der Waals surface area (Å²) in [6.45, 7) is 5.57. The molecule has 0 aromatic heterocycles. The van der Waals surface area contributed by atoms with Crippen LogP contribution in [0.1, 0.15) is 15.9 Å². The predicted octanol–water partition coefficient (Wildman–Crippen LogP) is 3.37. The molecule has 2 N–H and O–H groups in total. The minimum Gasteiger partial charge on any atom is -0.349 e. The number of aryl methyl sites for hydroxylation is 1. The number of benzene rings is 2. The molecule has 0 saturated carbocycles. The lowest BCUT2D eigenvalue weighted by Crippen LogP contribution is -2.23. The molecule has 0 unspecified atom stereocenters. The molecule has 0 bridgehead atoms. The molecule has 0 heterocycles. The molecule has 0 spiro atoms. The van der Waals surface area contributed by atoms with E-state index in [0.29, 0.717) is 22.8 Å². The maximum atomic E-state index is 12.5. The van der Waals surface area contributed by atoms with Crippen LogP contribution in [0.5, 0.6) is 0 Å². The average Bonchev–Trinajstić information content (AvgIpc) is 2.55. The third kappa shape index (κ3) is 4.37. The second-order valence-corrected chi connectivity index (χ2v) is 7.21. The zero-order chi connectivity index (χ0) is 17.7. The first-order valence-electron chi connectivity index (χ1n) is 7.11. The van der Waals surface area contributed by atoms with E-state index in [1.165, 1.54) is 18.2 Å². The molecule has 126 valence electrons. The smallest absolute Gasteiger partial charge is 0.261 e. The van der Waals surface area contributed by atoms with Gasteiger partial charge in [0.1, 0.15) is 0 Å². The maximum Gasteiger partial charge on any atom is 0.261 e. The molecule has 7 heteroatoms. The van der Waals surface area contributed by atoms with Crippen LogP contribution in [0.4, 0.5) is 5.69 Å². The fraction of sp³-hybridized carbons (Fsp3) is 0.118. The molecule has 5 nitrogen and oxygen atoms in total. The summed E-state index contributed by atoms with van der Waals surface area (Å²) in [5.41, 5.74) is 1.39. The van der Waals surface area contributed by atoms with Crippen molar-refractivity contribution in [2.24, 2.45) is 0 Å². The highest BCUT2D eigenvalue weighted by Crippen LogP contribution is 2.23. The molecule has 1 amide bonds. The van der Waals surface area contributed by atoms with E-state index in [1.54, 1.807) is 37.3 Å². The Labute approximate surface area is 146 Å². The van der Waals surface area contributed by atoms with Gasteiger partial charge in [0.2, 0.25) is 0 Å². The Kier molecular flexibility index (Phi) is 5.64. The third-order valence-corrected chi connectivity index (χ3v) is 4.84. The van der Waals surface area contributed by atoms with Gasteiger partial charge in [-0.2, -0.15) is 0 Å². The first-order valence-corrected chi connectivity index (χ1v) is 8.98. The van der Waals surface area contributed by atoms with E-state index in [9.17, 15) is 13.2 Å². The second kappa shape index (κ2) is 7.51. The standard InChI is InChI=1S/C17H17ClN2O3S/c1-3-9-19-17(21)13-5-4-6-15(11-13)24(22,23)20-16-8-7-14(18)10-12(16)2/h3-8,10-11,20H,1,9H2,2H3,(H,19,21). The number of anilines is 1. The van der Waals surface area contributed by atoms with E-state index in [4.69, 9.17) is 11.6 Å². The monoisotopic (exact) mass is 364 g/mol. The number of nitrogens with one attached hydrogen (secondary N) is 2. The molecule has 2 aromatic rings. The van der Waals surface area contributed by atoms with Crippen LogP contribution in [0.15, 0.2) is 60.0 Å². The van der Waals surface area contributed by atoms with Crippen LogP contribution in [0.2, 0.25) is 5.02 Å². The van der Waals surface area contributed by atoms with Crippen molar-refractivity contribution in [3.8, 4) is 0 Å². The predicted molar refractivity (Wildman–Crippen MR) is 96.0 cm³/mol. The molecule has 0 saturated heterocycles. The number of rotatable bonds is 6. The Morgan fingerprint density at radius 2 is 2.00 bits per heavy atom. The van der Waals surface area contributed by atoms with Gasteiger partial charge in [-0.05, 0) is 48.9 Å². The number of sulfonamides is 1. The van der Waals surface area contributed by atoms with Crippen LogP contribution >= 0.6 is 11.6 Å². The Bertz CT molecular complexity index is 879.